The number of carbonyl (C=O) groups excluding carboxylic acids is 2. The third-order valence-electron chi connectivity index (χ3n) is 3.33. The lowest BCUT2D eigenvalue weighted by atomic mass is 10.1. The normalized spacial score (nSPS) is 9.96. The van der Waals surface area contributed by atoms with E-state index in [4.69, 9.17) is 5.11 Å². The van der Waals surface area contributed by atoms with Gasteiger partial charge in [0.1, 0.15) is 6.54 Å². The number of carboxylic acid groups (broad SMARTS) is 1. The van der Waals surface area contributed by atoms with E-state index < -0.39 is 24.5 Å². The molecular formula is C18H19N3O4. The molecule has 2 aromatic carbocycles. The molecule has 25 heavy (non-hydrogen) atoms. The van der Waals surface area contributed by atoms with Crippen molar-refractivity contribution >= 4 is 29.3 Å². The van der Waals surface area contributed by atoms with E-state index in [1.165, 1.54) is 0 Å². The highest BCUT2D eigenvalue weighted by molar-refractivity contribution is 6.00. The fourth-order valence-electron chi connectivity index (χ4n) is 2.21. The van der Waals surface area contributed by atoms with E-state index in [9.17, 15) is 14.4 Å². The second-order valence-electron chi connectivity index (χ2n) is 5.45. The van der Waals surface area contributed by atoms with E-state index in [0.29, 0.717) is 16.9 Å². The number of hydrogen-bond donors (Lipinski definition) is 4. The summed E-state index contributed by atoms with van der Waals surface area (Å²) in [6, 6.07) is 13.8. The van der Waals surface area contributed by atoms with Crippen LogP contribution in [0.3, 0.4) is 0 Å². The monoisotopic (exact) mass is 341 g/mol. The highest BCUT2D eigenvalue weighted by atomic mass is 16.4. The van der Waals surface area contributed by atoms with E-state index in [1.807, 2.05) is 25.1 Å². The highest BCUT2D eigenvalue weighted by Crippen LogP contribution is 2.17. The minimum atomic E-state index is -1.11. The van der Waals surface area contributed by atoms with Gasteiger partial charge in [0.2, 0.25) is 5.91 Å². The van der Waals surface area contributed by atoms with Gasteiger partial charge in [-0.2, -0.15) is 0 Å². The Morgan fingerprint density at radius 3 is 2.48 bits per heavy atom. The SMILES string of the molecule is Cc1cccc(NC(=O)Nc2ccccc2CC(=O)NCC(=O)O)c1. The van der Waals surface area contributed by atoms with Gasteiger partial charge in [-0.3, -0.25) is 9.59 Å². The molecule has 0 aromatic heterocycles. The Hall–Kier alpha value is -3.35. The van der Waals surface area contributed by atoms with Gasteiger partial charge >= 0.3 is 12.0 Å². The van der Waals surface area contributed by atoms with Crippen molar-refractivity contribution in [3.05, 3.63) is 59.7 Å². The standard InChI is InChI=1S/C18H19N3O4/c1-12-5-4-7-14(9-12)20-18(25)21-15-8-3-2-6-13(15)10-16(22)19-11-17(23)24/h2-9H,10-11H2,1H3,(H,19,22)(H,23,24)(H2,20,21,25). The summed E-state index contributed by atoms with van der Waals surface area (Å²) in [5, 5.41) is 16.3. The largest absolute Gasteiger partial charge is 0.480 e. The molecule has 3 amide bonds. The van der Waals surface area contributed by atoms with Crippen molar-refractivity contribution in [3.63, 3.8) is 0 Å². The Morgan fingerprint density at radius 1 is 1.00 bits per heavy atom. The fourth-order valence-corrected chi connectivity index (χ4v) is 2.21. The lowest BCUT2D eigenvalue weighted by molar-refractivity contribution is -0.137. The quantitative estimate of drug-likeness (QED) is 0.647. The predicted octanol–water partition coefficient (Wildman–Crippen LogP) is 2.38. The molecule has 0 spiro atoms. The van der Waals surface area contributed by atoms with Crippen molar-refractivity contribution in [2.75, 3.05) is 17.2 Å². The fraction of sp³-hybridized carbons (Fsp3) is 0.167. The third kappa shape index (κ3) is 5.98. The van der Waals surface area contributed by atoms with Crippen LogP contribution in [0.1, 0.15) is 11.1 Å². The van der Waals surface area contributed by atoms with Gasteiger partial charge in [0.05, 0.1) is 6.42 Å². The average Bonchev–Trinajstić information content (AvgIpc) is 2.55. The van der Waals surface area contributed by atoms with Crippen LogP contribution in [0.4, 0.5) is 16.2 Å². The first-order valence-electron chi connectivity index (χ1n) is 7.65. The average molecular weight is 341 g/mol. The molecule has 0 radical (unpaired) electrons. The number of nitrogens with one attached hydrogen (secondary N) is 3. The van der Waals surface area contributed by atoms with Crippen LogP contribution >= 0.6 is 0 Å². The smallest absolute Gasteiger partial charge is 0.323 e. The minimum absolute atomic E-state index is 0.0336. The number of carboxylic acids is 1. The molecule has 0 aliphatic carbocycles. The van der Waals surface area contributed by atoms with Gasteiger partial charge < -0.3 is 21.1 Å². The number of amides is 3. The Morgan fingerprint density at radius 2 is 1.76 bits per heavy atom. The summed E-state index contributed by atoms with van der Waals surface area (Å²) in [5.74, 6) is -1.55. The number of hydrogen-bond acceptors (Lipinski definition) is 3. The maximum atomic E-state index is 12.1. The minimum Gasteiger partial charge on any atom is -0.480 e. The number of anilines is 2. The molecule has 2 rings (SSSR count). The van der Waals surface area contributed by atoms with E-state index in [2.05, 4.69) is 16.0 Å². The van der Waals surface area contributed by atoms with E-state index in [-0.39, 0.29) is 6.42 Å². The molecule has 0 saturated heterocycles. The lowest BCUT2D eigenvalue weighted by Crippen LogP contribution is -2.30. The predicted molar refractivity (Wildman–Crippen MR) is 94.6 cm³/mol. The zero-order chi connectivity index (χ0) is 18.2. The summed E-state index contributed by atoms with van der Waals surface area (Å²) in [7, 11) is 0. The number of para-hydroxylation sites is 1. The summed E-state index contributed by atoms with van der Waals surface area (Å²) < 4.78 is 0. The molecule has 2 aromatic rings. The summed E-state index contributed by atoms with van der Waals surface area (Å²) in [6.07, 6.45) is -0.0336. The number of urea groups is 1. The van der Waals surface area contributed by atoms with E-state index in [0.717, 1.165) is 5.56 Å². The molecule has 7 nitrogen and oxygen atoms in total. The first-order chi connectivity index (χ1) is 11.9. The van der Waals surface area contributed by atoms with Gasteiger partial charge in [0.15, 0.2) is 0 Å². The van der Waals surface area contributed by atoms with Crippen molar-refractivity contribution in [1.29, 1.82) is 0 Å². The number of aliphatic carboxylic acids is 1. The van der Waals surface area contributed by atoms with Crippen molar-refractivity contribution in [3.8, 4) is 0 Å². The Labute approximate surface area is 145 Å². The molecule has 4 N–H and O–H groups in total. The lowest BCUT2D eigenvalue weighted by Gasteiger charge is -2.12. The first-order valence-corrected chi connectivity index (χ1v) is 7.65. The zero-order valence-electron chi connectivity index (χ0n) is 13.7. The highest BCUT2D eigenvalue weighted by Gasteiger charge is 2.11. The maximum absolute atomic E-state index is 12.1. The van der Waals surface area contributed by atoms with Crippen LogP contribution in [0.5, 0.6) is 0 Å². The molecule has 0 aliphatic rings. The number of benzene rings is 2. The molecule has 0 unspecified atom stereocenters. The molecule has 7 heteroatoms. The van der Waals surface area contributed by atoms with Crippen LogP contribution in [-0.4, -0.2) is 29.6 Å². The van der Waals surface area contributed by atoms with Crippen molar-refractivity contribution in [2.45, 2.75) is 13.3 Å². The molecule has 0 fully saturated rings. The molecule has 0 saturated carbocycles. The first kappa shape index (κ1) is 18.0. The van der Waals surface area contributed by atoms with Gasteiger partial charge in [0, 0.05) is 11.4 Å². The van der Waals surface area contributed by atoms with Crippen molar-refractivity contribution < 1.29 is 19.5 Å². The summed E-state index contributed by atoms with van der Waals surface area (Å²) in [6.45, 7) is 1.48. The number of rotatable bonds is 6. The molecule has 0 bridgehead atoms. The van der Waals surface area contributed by atoms with Gasteiger partial charge in [-0.15, -0.1) is 0 Å². The molecule has 0 heterocycles. The van der Waals surface area contributed by atoms with Crippen molar-refractivity contribution in [2.24, 2.45) is 0 Å². The summed E-state index contributed by atoms with van der Waals surface area (Å²) in [5.41, 5.74) is 2.75. The van der Waals surface area contributed by atoms with Crippen LogP contribution in [-0.2, 0) is 16.0 Å². The summed E-state index contributed by atoms with van der Waals surface area (Å²) in [4.78, 5) is 34.4. The van der Waals surface area contributed by atoms with E-state index >= 15 is 0 Å². The zero-order valence-corrected chi connectivity index (χ0v) is 13.7. The Balaban J connectivity index is 2.00. The van der Waals surface area contributed by atoms with Crippen LogP contribution in [0.25, 0.3) is 0 Å². The van der Waals surface area contributed by atoms with Crippen LogP contribution in [0.2, 0.25) is 0 Å². The topological polar surface area (TPSA) is 108 Å². The third-order valence-corrected chi connectivity index (χ3v) is 3.33. The van der Waals surface area contributed by atoms with Gasteiger partial charge in [-0.05, 0) is 36.2 Å². The van der Waals surface area contributed by atoms with Crippen LogP contribution in [0, 0.1) is 6.92 Å². The Kier molecular flexibility index (Phi) is 6.11. The van der Waals surface area contributed by atoms with Gasteiger partial charge in [-0.1, -0.05) is 30.3 Å². The second-order valence-corrected chi connectivity index (χ2v) is 5.45. The Bertz CT molecular complexity index is 789. The maximum Gasteiger partial charge on any atom is 0.323 e. The number of carbonyl (C=O) groups is 3. The van der Waals surface area contributed by atoms with Crippen LogP contribution < -0.4 is 16.0 Å². The second kappa shape index (κ2) is 8.49. The molecule has 0 atom stereocenters. The molecular weight excluding hydrogens is 322 g/mol. The number of aryl methyl sites for hydroxylation is 1. The van der Waals surface area contributed by atoms with Crippen LogP contribution in [0.15, 0.2) is 48.5 Å². The van der Waals surface area contributed by atoms with Gasteiger partial charge in [-0.25, -0.2) is 4.79 Å². The van der Waals surface area contributed by atoms with Gasteiger partial charge in [0.25, 0.3) is 0 Å². The van der Waals surface area contributed by atoms with Crippen molar-refractivity contribution in [1.82, 2.24) is 5.32 Å². The summed E-state index contributed by atoms with van der Waals surface area (Å²) >= 11 is 0. The molecule has 0 aliphatic heterocycles. The molecule has 130 valence electrons. The van der Waals surface area contributed by atoms with E-state index in [1.54, 1.807) is 30.3 Å².